The van der Waals surface area contributed by atoms with E-state index in [0.717, 1.165) is 29.4 Å². The first kappa shape index (κ1) is 18.7. The van der Waals surface area contributed by atoms with Crippen LogP contribution in [0.1, 0.15) is 25.7 Å². The summed E-state index contributed by atoms with van der Waals surface area (Å²) in [5.74, 6) is 2.05. The highest BCUT2D eigenvalue weighted by molar-refractivity contribution is 8.76. The molecular weight excluding hydrogens is 380 g/mol. The number of thioether (sulfide) groups is 1. The minimum absolute atomic E-state index is 0.0198. The van der Waals surface area contributed by atoms with Gasteiger partial charge in [0, 0.05) is 22.8 Å². The molecule has 0 aromatic carbocycles. The molecule has 2 aliphatic rings. The van der Waals surface area contributed by atoms with Crippen molar-refractivity contribution >= 4 is 45.1 Å². The molecule has 3 atom stereocenters. The Morgan fingerprint density at radius 2 is 2.20 bits per heavy atom. The second kappa shape index (κ2) is 9.00. The van der Waals surface area contributed by atoms with Crippen LogP contribution in [-0.2, 0) is 0 Å². The van der Waals surface area contributed by atoms with Gasteiger partial charge in [-0.15, -0.1) is 0 Å². The Morgan fingerprint density at radius 1 is 1.32 bits per heavy atom. The van der Waals surface area contributed by atoms with Crippen LogP contribution in [0.3, 0.4) is 0 Å². The van der Waals surface area contributed by atoms with E-state index in [2.05, 4.69) is 15.6 Å². The van der Waals surface area contributed by atoms with Crippen LogP contribution in [0, 0.1) is 10.1 Å². The Balaban J connectivity index is 1.24. The molecular formula is C15H20N4O3S3. The third-order valence-corrected chi connectivity index (χ3v) is 8.09. The number of nitrogens with zero attached hydrogens (tertiary/aromatic N) is 2. The Morgan fingerprint density at radius 3 is 2.96 bits per heavy atom. The van der Waals surface area contributed by atoms with Crippen LogP contribution in [0.4, 0.5) is 10.5 Å². The lowest BCUT2D eigenvalue weighted by atomic mass is 10.0. The van der Waals surface area contributed by atoms with E-state index in [9.17, 15) is 14.9 Å². The normalized spacial score (nSPS) is 24.6. The lowest BCUT2D eigenvalue weighted by Crippen LogP contribution is -2.36. The molecule has 0 bridgehead atoms. The molecule has 2 aliphatic heterocycles. The molecule has 10 heteroatoms. The Labute approximate surface area is 158 Å². The van der Waals surface area contributed by atoms with E-state index in [-0.39, 0.29) is 11.7 Å². The molecule has 1 aromatic rings. The van der Waals surface area contributed by atoms with Crippen LogP contribution in [0.5, 0.6) is 0 Å². The average molecular weight is 401 g/mol. The summed E-state index contributed by atoms with van der Waals surface area (Å²) in [6.07, 6.45) is 5.94. The number of nitrogens with one attached hydrogen (secondary N) is 2. The molecule has 136 valence electrons. The number of nitro groups is 1. The van der Waals surface area contributed by atoms with E-state index in [1.165, 1.54) is 25.1 Å². The monoisotopic (exact) mass is 400 g/mol. The fourth-order valence-corrected chi connectivity index (χ4v) is 6.51. The van der Waals surface area contributed by atoms with Crippen LogP contribution in [-0.4, -0.2) is 44.8 Å². The highest BCUT2D eigenvalue weighted by atomic mass is 33.1. The first-order valence-corrected chi connectivity index (χ1v) is 11.6. The SMILES string of the molecule is O=C1N[C@H]2[C@H](CS[C@H]2CCCCCSSc2ccc([N+](=O)[O-])cn2)N1. The zero-order valence-corrected chi connectivity index (χ0v) is 16.0. The molecule has 25 heavy (non-hydrogen) atoms. The van der Waals surface area contributed by atoms with Crippen LogP contribution in [0.25, 0.3) is 0 Å². The van der Waals surface area contributed by atoms with E-state index in [0.29, 0.717) is 17.3 Å². The van der Waals surface area contributed by atoms with Gasteiger partial charge < -0.3 is 10.6 Å². The van der Waals surface area contributed by atoms with Crippen molar-refractivity contribution in [2.24, 2.45) is 0 Å². The van der Waals surface area contributed by atoms with Gasteiger partial charge in [0.05, 0.1) is 17.0 Å². The second-order valence-electron chi connectivity index (χ2n) is 5.99. The number of aromatic nitrogens is 1. The summed E-state index contributed by atoms with van der Waals surface area (Å²) in [5.41, 5.74) is 0.0232. The Bertz CT molecular complexity index is 617. The molecule has 2 N–H and O–H groups in total. The molecule has 2 saturated heterocycles. The van der Waals surface area contributed by atoms with Gasteiger partial charge in [0.2, 0.25) is 0 Å². The summed E-state index contributed by atoms with van der Waals surface area (Å²) in [4.78, 5) is 25.6. The van der Waals surface area contributed by atoms with Gasteiger partial charge in [0.15, 0.2) is 0 Å². The average Bonchev–Trinajstić information content (AvgIpc) is 3.14. The van der Waals surface area contributed by atoms with Crippen LogP contribution >= 0.6 is 33.3 Å². The number of rotatable bonds is 9. The van der Waals surface area contributed by atoms with E-state index in [1.807, 2.05) is 11.8 Å². The van der Waals surface area contributed by atoms with Crippen molar-refractivity contribution in [2.75, 3.05) is 11.5 Å². The molecule has 0 saturated carbocycles. The number of hydrogen-bond donors (Lipinski definition) is 2. The summed E-state index contributed by atoms with van der Waals surface area (Å²) in [6, 6.07) is 3.76. The molecule has 3 heterocycles. The molecule has 7 nitrogen and oxygen atoms in total. The molecule has 2 amide bonds. The number of amides is 2. The van der Waals surface area contributed by atoms with Gasteiger partial charge >= 0.3 is 6.03 Å². The zero-order chi connectivity index (χ0) is 17.6. The molecule has 2 fully saturated rings. The molecule has 3 rings (SSSR count). The Kier molecular flexibility index (Phi) is 6.71. The lowest BCUT2D eigenvalue weighted by Gasteiger charge is -2.16. The molecule has 1 aromatic heterocycles. The van der Waals surface area contributed by atoms with Crippen molar-refractivity contribution in [3.8, 4) is 0 Å². The number of pyridine rings is 1. The lowest BCUT2D eigenvalue weighted by molar-refractivity contribution is -0.385. The highest BCUT2D eigenvalue weighted by Gasteiger charge is 2.42. The maximum absolute atomic E-state index is 11.3. The minimum Gasteiger partial charge on any atom is -0.332 e. The smallest absolute Gasteiger partial charge is 0.315 e. The third-order valence-electron chi connectivity index (χ3n) is 4.23. The van der Waals surface area contributed by atoms with E-state index in [1.54, 1.807) is 27.7 Å². The summed E-state index contributed by atoms with van der Waals surface area (Å²) in [7, 11) is 3.29. The number of carbonyl (C=O) groups is 1. The Hall–Kier alpha value is -1.13. The fourth-order valence-electron chi connectivity index (χ4n) is 2.96. The van der Waals surface area contributed by atoms with Gasteiger partial charge in [0.1, 0.15) is 11.2 Å². The van der Waals surface area contributed by atoms with Crippen molar-refractivity contribution in [3.63, 3.8) is 0 Å². The first-order valence-electron chi connectivity index (χ1n) is 8.22. The zero-order valence-electron chi connectivity index (χ0n) is 13.6. The minimum atomic E-state index is -0.438. The molecule has 0 unspecified atom stereocenters. The number of hydrogen-bond acceptors (Lipinski definition) is 7. The second-order valence-corrected chi connectivity index (χ2v) is 9.70. The maximum atomic E-state index is 11.3. The summed E-state index contributed by atoms with van der Waals surface area (Å²) < 4.78 is 0. The molecule has 0 spiro atoms. The van der Waals surface area contributed by atoms with Crippen LogP contribution in [0.15, 0.2) is 23.4 Å². The first-order chi connectivity index (χ1) is 12.1. The quantitative estimate of drug-likeness (QED) is 0.215. The van der Waals surface area contributed by atoms with Crippen molar-refractivity contribution in [3.05, 3.63) is 28.4 Å². The number of unbranched alkanes of at least 4 members (excludes halogenated alkanes) is 2. The van der Waals surface area contributed by atoms with Crippen molar-refractivity contribution in [1.29, 1.82) is 0 Å². The standard InChI is InChI=1S/C15H20N4O3S3/c20-15-17-11-9-23-12(14(11)18-15)4-2-1-3-7-24-25-13-6-5-10(8-16-13)19(21)22/h5-6,8,11-12,14H,1-4,7,9H2,(H2,17,18,20)/t11-,12-,14-/m0/s1. The van der Waals surface area contributed by atoms with Crippen LogP contribution < -0.4 is 10.6 Å². The van der Waals surface area contributed by atoms with E-state index >= 15 is 0 Å². The van der Waals surface area contributed by atoms with Gasteiger partial charge in [-0.25, -0.2) is 9.78 Å². The van der Waals surface area contributed by atoms with Crippen molar-refractivity contribution in [1.82, 2.24) is 15.6 Å². The van der Waals surface area contributed by atoms with Crippen molar-refractivity contribution < 1.29 is 9.72 Å². The summed E-state index contributed by atoms with van der Waals surface area (Å²) in [6.45, 7) is 0. The number of carbonyl (C=O) groups excluding carboxylic acids is 1. The van der Waals surface area contributed by atoms with Gasteiger partial charge in [-0.1, -0.05) is 23.6 Å². The van der Waals surface area contributed by atoms with Gasteiger partial charge in [-0.05, 0) is 29.7 Å². The summed E-state index contributed by atoms with van der Waals surface area (Å²) >= 11 is 1.96. The number of urea groups is 1. The molecule has 0 radical (unpaired) electrons. The van der Waals surface area contributed by atoms with Gasteiger partial charge in [-0.2, -0.15) is 11.8 Å². The van der Waals surface area contributed by atoms with E-state index < -0.39 is 4.92 Å². The molecule has 0 aliphatic carbocycles. The number of fused-ring (bicyclic) bond motifs is 1. The topological polar surface area (TPSA) is 97.2 Å². The highest BCUT2D eigenvalue weighted by Crippen LogP contribution is 2.34. The van der Waals surface area contributed by atoms with Crippen molar-refractivity contribution in [2.45, 2.75) is 48.0 Å². The fraction of sp³-hybridized carbons (Fsp3) is 0.600. The van der Waals surface area contributed by atoms with Crippen LogP contribution in [0.2, 0.25) is 0 Å². The maximum Gasteiger partial charge on any atom is 0.315 e. The summed E-state index contributed by atoms with van der Waals surface area (Å²) in [5, 5.41) is 17.9. The van der Waals surface area contributed by atoms with Gasteiger partial charge in [-0.3, -0.25) is 10.1 Å². The predicted octanol–water partition coefficient (Wildman–Crippen LogP) is 3.46. The third kappa shape index (κ3) is 5.18. The van der Waals surface area contributed by atoms with Gasteiger partial charge in [0.25, 0.3) is 5.69 Å². The largest absolute Gasteiger partial charge is 0.332 e. The predicted molar refractivity (Wildman–Crippen MR) is 103 cm³/mol. The van der Waals surface area contributed by atoms with E-state index in [4.69, 9.17) is 0 Å².